The van der Waals surface area contributed by atoms with Gasteiger partial charge in [-0.05, 0) is 11.5 Å². The van der Waals surface area contributed by atoms with Crippen molar-refractivity contribution in [2.24, 2.45) is 0 Å². The van der Waals surface area contributed by atoms with E-state index in [1.54, 1.807) is 6.07 Å². The lowest BCUT2D eigenvalue weighted by Crippen LogP contribution is -2.46. The van der Waals surface area contributed by atoms with E-state index >= 15 is 0 Å². The molecule has 0 unspecified atom stereocenters. The smallest absolute Gasteiger partial charge is 0.256 e. The Morgan fingerprint density at radius 1 is 1.08 bits per heavy atom. The molecule has 1 fully saturated rings. The van der Waals surface area contributed by atoms with Crippen LogP contribution in [0.15, 0.2) is 47.4 Å². The molecule has 26 heavy (non-hydrogen) atoms. The number of nitrogens with one attached hydrogen (secondary N) is 3. The van der Waals surface area contributed by atoms with Crippen molar-refractivity contribution >= 4 is 27.6 Å². The molecule has 0 atom stereocenters. The maximum absolute atomic E-state index is 12.8. The highest BCUT2D eigenvalue weighted by atomic mass is 16.2. The van der Waals surface area contributed by atoms with Gasteiger partial charge in [0.15, 0.2) is 0 Å². The van der Waals surface area contributed by atoms with Crippen molar-refractivity contribution in [3.63, 3.8) is 0 Å². The van der Waals surface area contributed by atoms with Crippen LogP contribution in [0.3, 0.4) is 0 Å². The number of carbonyl (C=O) groups is 1. The first-order chi connectivity index (χ1) is 12.7. The molecule has 1 saturated heterocycles. The highest BCUT2D eigenvalue weighted by Crippen LogP contribution is 2.21. The summed E-state index contributed by atoms with van der Waals surface area (Å²) in [5, 5.41) is 8.75. The lowest BCUT2D eigenvalue weighted by Gasteiger charge is -2.27. The molecular weight excluding hydrogens is 328 g/mol. The minimum Gasteiger partial charge on any atom is -0.360 e. The van der Waals surface area contributed by atoms with E-state index in [2.05, 4.69) is 20.5 Å². The van der Waals surface area contributed by atoms with Gasteiger partial charge in [-0.25, -0.2) is 0 Å². The number of aromatic nitrogens is 1. The number of aromatic amines is 1. The van der Waals surface area contributed by atoms with Gasteiger partial charge in [0.2, 0.25) is 5.43 Å². The summed E-state index contributed by atoms with van der Waals surface area (Å²) in [6, 6.07) is 11.6. The third-order valence-corrected chi connectivity index (χ3v) is 4.95. The molecule has 0 radical (unpaired) electrons. The zero-order valence-corrected chi connectivity index (χ0v) is 14.5. The van der Waals surface area contributed by atoms with E-state index in [4.69, 9.17) is 0 Å². The van der Waals surface area contributed by atoms with Gasteiger partial charge in [-0.3, -0.25) is 14.5 Å². The molecule has 4 rings (SSSR count). The number of nitrogens with zero attached hydrogens (tertiary/aromatic N) is 1. The van der Waals surface area contributed by atoms with Gasteiger partial charge >= 0.3 is 0 Å². The normalized spacial score (nSPS) is 15.4. The molecular formula is C20H22N4O2. The molecule has 1 aromatic heterocycles. The van der Waals surface area contributed by atoms with E-state index in [0.29, 0.717) is 11.9 Å². The first-order valence-corrected chi connectivity index (χ1v) is 8.98. The van der Waals surface area contributed by atoms with E-state index in [9.17, 15) is 9.59 Å². The Balaban J connectivity index is 1.54. The van der Waals surface area contributed by atoms with Gasteiger partial charge in [-0.2, -0.15) is 0 Å². The van der Waals surface area contributed by atoms with Crippen molar-refractivity contribution in [2.45, 2.75) is 0 Å². The van der Waals surface area contributed by atoms with Crippen LogP contribution in [0.1, 0.15) is 10.4 Å². The largest absolute Gasteiger partial charge is 0.360 e. The molecule has 2 heterocycles. The summed E-state index contributed by atoms with van der Waals surface area (Å²) in [7, 11) is 0. The Bertz CT molecular complexity index is 1010. The van der Waals surface area contributed by atoms with E-state index < -0.39 is 0 Å². The molecule has 0 saturated carbocycles. The summed E-state index contributed by atoms with van der Waals surface area (Å²) in [6.07, 6.45) is 1.53. The average Bonchev–Trinajstić information content (AvgIpc) is 2.69. The molecule has 0 spiro atoms. The van der Waals surface area contributed by atoms with Crippen molar-refractivity contribution in [1.82, 2.24) is 20.5 Å². The molecule has 0 aliphatic carbocycles. The molecule has 3 aromatic rings. The lowest BCUT2D eigenvalue weighted by atomic mass is 10.0. The number of fused-ring (bicyclic) bond motifs is 3. The second-order valence-electron chi connectivity index (χ2n) is 6.59. The highest BCUT2D eigenvalue weighted by Gasteiger charge is 2.15. The number of pyridine rings is 1. The Labute approximate surface area is 151 Å². The summed E-state index contributed by atoms with van der Waals surface area (Å²) in [5.74, 6) is -0.323. The van der Waals surface area contributed by atoms with Crippen molar-refractivity contribution in [1.29, 1.82) is 0 Å². The van der Waals surface area contributed by atoms with E-state index in [1.165, 1.54) is 6.20 Å². The number of hydrogen-bond acceptors (Lipinski definition) is 4. The van der Waals surface area contributed by atoms with Crippen molar-refractivity contribution in [2.75, 3.05) is 39.3 Å². The first kappa shape index (κ1) is 16.8. The van der Waals surface area contributed by atoms with Crippen LogP contribution in [0.4, 0.5) is 0 Å². The molecule has 1 amide bonds. The summed E-state index contributed by atoms with van der Waals surface area (Å²) in [6.45, 7) is 5.26. The second kappa shape index (κ2) is 7.27. The predicted molar refractivity (Wildman–Crippen MR) is 104 cm³/mol. The van der Waals surface area contributed by atoms with Crippen LogP contribution in [0, 0.1) is 0 Å². The predicted octanol–water partition coefficient (Wildman–Crippen LogP) is 1.32. The summed E-state index contributed by atoms with van der Waals surface area (Å²) < 4.78 is 0. The zero-order valence-electron chi connectivity index (χ0n) is 14.5. The fraction of sp³-hybridized carbons (Fsp3) is 0.300. The number of piperazine rings is 1. The number of rotatable bonds is 4. The monoisotopic (exact) mass is 350 g/mol. The summed E-state index contributed by atoms with van der Waals surface area (Å²) >= 11 is 0. The standard InChI is InChI=1S/C20H22N4O2/c25-19-16-6-5-14-3-1-2-4-15(14)18(16)23-13-17(19)20(26)22-9-12-24-10-7-21-8-11-24/h1-6,13,21H,7-12H2,(H,22,26)(H,23,25). The van der Waals surface area contributed by atoms with Gasteiger partial charge in [0.25, 0.3) is 5.91 Å². The first-order valence-electron chi connectivity index (χ1n) is 8.98. The van der Waals surface area contributed by atoms with Crippen LogP contribution in [-0.4, -0.2) is 55.1 Å². The fourth-order valence-electron chi connectivity index (χ4n) is 3.50. The Morgan fingerprint density at radius 2 is 1.88 bits per heavy atom. The minimum atomic E-state index is -0.323. The number of H-pyrrole nitrogens is 1. The van der Waals surface area contributed by atoms with Gasteiger partial charge in [0.05, 0.1) is 5.52 Å². The van der Waals surface area contributed by atoms with Crippen LogP contribution in [0.25, 0.3) is 21.7 Å². The van der Waals surface area contributed by atoms with Crippen LogP contribution in [-0.2, 0) is 0 Å². The summed E-state index contributed by atoms with van der Waals surface area (Å²) in [4.78, 5) is 30.7. The Morgan fingerprint density at radius 3 is 2.73 bits per heavy atom. The third kappa shape index (κ3) is 3.21. The quantitative estimate of drug-likeness (QED) is 0.620. The number of benzene rings is 2. The molecule has 3 N–H and O–H groups in total. The van der Waals surface area contributed by atoms with Crippen molar-refractivity contribution in [3.05, 3.63) is 58.4 Å². The number of hydrogen-bond donors (Lipinski definition) is 3. The van der Waals surface area contributed by atoms with Crippen LogP contribution < -0.4 is 16.1 Å². The van der Waals surface area contributed by atoms with E-state index in [-0.39, 0.29) is 16.9 Å². The molecule has 6 heteroatoms. The maximum Gasteiger partial charge on any atom is 0.256 e. The van der Waals surface area contributed by atoms with Gasteiger partial charge in [-0.1, -0.05) is 30.3 Å². The van der Waals surface area contributed by atoms with Gasteiger partial charge in [-0.15, -0.1) is 0 Å². The fourth-order valence-corrected chi connectivity index (χ4v) is 3.50. The molecule has 2 aromatic carbocycles. The third-order valence-electron chi connectivity index (χ3n) is 4.95. The van der Waals surface area contributed by atoms with Gasteiger partial charge < -0.3 is 15.6 Å². The van der Waals surface area contributed by atoms with Crippen molar-refractivity contribution < 1.29 is 4.79 Å². The van der Waals surface area contributed by atoms with Crippen molar-refractivity contribution in [3.8, 4) is 0 Å². The van der Waals surface area contributed by atoms with Gasteiger partial charge in [0, 0.05) is 56.2 Å². The highest BCUT2D eigenvalue weighted by molar-refractivity contribution is 6.07. The maximum atomic E-state index is 12.8. The topological polar surface area (TPSA) is 77.2 Å². The summed E-state index contributed by atoms with van der Waals surface area (Å²) in [5.41, 5.74) is 0.697. The molecule has 1 aliphatic rings. The molecule has 134 valence electrons. The average molecular weight is 350 g/mol. The lowest BCUT2D eigenvalue weighted by molar-refractivity contribution is 0.0946. The van der Waals surface area contributed by atoms with Crippen LogP contribution >= 0.6 is 0 Å². The minimum absolute atomic E-state index is 0.160. The van der Waals surface area contributed by atoms with Crippen LogP contribution in [0.2, 0.25) is 0 Å². The zero-order chi connectivity index (χ0) is 17.9. The van der Waals surface area contributed by atoms with Gasteiger partial charge in [0.1, 0.15) is 5.56 Å². The Hall–Kier alpha value is -2.70. The second-order valence-corrected chi connectivity index (χ2v) is 6.59. The molecule has 0 bridgehead atoms. The van der Waals surface area contributed by atoms with Crippen LogP contribution in [0.5, 0.6) is 0 Å². The Kier molecular flexibility index (Phi) is 4.69. The molecule has 1 aliphatic heterocycles. The number of amides is 1. The van der Waals surface area contributed by atoms with E-state index in [0.717, 1.165) is 49.0 Å². The SMILES string of the molecule is O=C(NCCN1CCNCC1)c1c[nH]c2c(ccc3ccccc32)c1=O. The molecule has 6 nitrogen and oxygen atoms in total. The van der Waals surface area contributed by atoms with E-state index in [1.807, 2.05) is 30.3 Å². The number of carbonyl (C=O) groups excluding carboxylic acids is 1.